The molecule has 0 bridgehead atoms. The van der Waals surface area contributed by atoms with Crippen LogP contribution in [0.15, 0.2) is 35.3 Å². The molecule has 4 rings (SSSR count). The summed E-state index contributed by atoms with van der Waals surface area (Å²) < 4.78 is 7.17. The van der Waals surface area contributed by atoms with Gasteiger partial charge >= 0.3 is 0 Å². The summed E-state index contributed by atoms with van der Waals surface area (Å²) in [4.78, 5) is 24.9. The van der Waals surface area contributed by atoms with E-state index < -0.39 is 0 Å². The van der Waals surface area contributed by atoms with Crippen LogP contribution < -0.4 is 16.2 Å². The highest BCUT2D eigenvalue weighted by molar-refractivity contribution is 5.80. The molecule has 2 N–H and O–H groups in total. The number of benzene rings is 1. The molecule has 7 nitrogen and oxygen atoms in total. The Morgan fingerprint density at radius 3 is 3.15 bits per heavy atom. The van der Waals surface area contributed by atoms with Gasteiger partial charge in [0.25, 0.3) is 5.56 Å². The molecular formula is C19H24N4O3. The zero-order valence-electron chi connectivity index (χ0n) is 14.7. The number of nitrogens with one attached hydrogen (secondary N) is 2. The van der Waals surface area contributed by atoms with Gasteiger partial charge in [-0.15, -0.1) is 0 Å². The fraction of sp³-hybridized carbons (Fsp3) is 0.526. The van der Waals surface area contributed by atoms with Gasteiger partial charge < -0.3 is 15.4 Å². The van der Waals surface area contributed by atoms with Crippen LogP contribution in [0.1, 0.15) is 19.3 Å². The number of amides is 1. The van der Waals surface area contributed by atoms with Crippen molar-refractivity contribution in [2.75, 3.05) is 19.7 Å². The molecule has 26 heavy (non-hydrogen) atoms. The molecule has 1 saturated heterocycles. The lowest BCUT2D eigenvalue weighted by atomic mass is 9.82. The Morgan fingerprint density at radius 2 is 2.23 bits per heavy atom. The van der Waals surface area contributed by atoms with Gasteiger partial charge in [-0.05, 0) is 25.3 Å². The number of morpholine rings is 1. The van der Waals surface area contributed by atoms with E-state index in [4.69, 9.17) is 4.74 Å². The molecule has 0 radical (unpaired) electrons. The van der Waals surface area contributed by atoms with Crippen molar-refractivity contribution in [3.05, 3.63) is 40.8 Å². The molecule has 2 fully saturated rings. The Labute approximate surface area is 151 Å². The van der Waals surface area contributed by atoms with Crippen molar-refractivity contribution in [3.8, 4) is 0 Å². The maximum Gasteiger partial charge on any atom is 0.274 e. The van der Waals surface area contributed by atoms with Crippen molar-refractivity contribution >= 4 is 16.7 Å². The number of hydrogen-bond donors (Lipinski definition) is 2. The van der Waals surface area contributed by atoms with Gasteiger partial charge in [0, 0.05) is 30.4 Å². The van der Waals surface area contributed by atoms with Crippen LogP contribution in [0.2, 0.25) is 0 Å². The van der Waals surface area contributed by atoms with E-state index in [1.165, 1.54) is 4.68 Å². The van der Waals surface area contributed by atoms with Gasteiger partial charge in [-0.3, -0.25) is 9.59 Å². The first-order chi connectivity index (χ1) is 12.7. The molecule has 1 aliphatic heterocycles. The lowest BCUT2D eigenvalue weighted by Crippen LogP contribution is -2.53. The Morgan fingerprint density at radius 1 is 1.35 bits per heavy atom. The quantitative estimate of drug-likeness (QED) is 0.841. The Kier molecular flexibility index (Phi) is 4.99. The standard InChI is InChI=1S/C19H24N4O3/c24-18(13-5-6-17-16(11-13)20-8-10-26-17)21-7-9-23-19(25)15-4-2-1-3-14(15)12-22-23/h1-4,12-13,16-17,20H,5-11H2,(H,21,24)/t13-,16+,17+/m0/s1. The molecule has 1 aromatic heterocycles. The molecule has 2 heterocycles. The van der Waals surface area contributed by atoms with E-state index in [0.717, 1.165) is 37.8 Å². The molecule has 138 valence electrons. The smallest absolute Gasteiger partial charge is 0.274 e. The monoisotopic (exact) mass is 356 g/mol. The molecule has 1 aromatic carbocycles. The van der Waals surface area contributed by atoms with E-state index in [0.29, 0.717) is 18.5 Å². The van der Waals surface area contributed by atoms with Crippen LogP contribution in [-0.2, 0) is 16.1 Å². The predicted octanol–water partition coefficient (Wildman–Crippen LogP) is 0.670. The summed E-state index contributed by atoms with van der Waals surface area (Å²) in [5.74, 6) is 0.0661. The predicted molar refractivity (Wildman–Crippen MR) is 97.9 cm³/mol. The summed E-state index contributed by atoms with van der Waals surface area (Å²) >= 11 is 0. The maximum atomic E-state index is 12.5. The highest BCUT2D eigenvalue weighted by atomic mass is 16.5. The number of aromatic nitrogens is 2. The van der Waals surface area contributed by atoms with Crippen molar-refractivity contribution in [2.45, 2.75) is 38.0 Å². The van der Waals surface area contributed by atoms with Crippen molar-refractivity contribution < 1.29 is 9.53 Å². The van der Waals surface area contributed by atoms with Gasteiger partial charge in [-0.2, -0.15) is 5.10 Å². The van der Waals surface area contributed by atoms with Crippen molar-refractivity contribution in [1.29, 1.82) is 0 Å². The van der Waals surface area contributed by atoms with Crippen molar-refractivity contribution in [1.82, 2.24) is 20.4 Å². The van der Waals surface area contributed by atoms with Crippen LogP contribution in [0.25, 0.3) is 10.8 Å². The number of ether oxygens (including phenoxy) is 1. The number of hydrogen-bond acceptors (Lipinski definition) is 5. The summed E-state index contributed by atoms with van der Waals surface area (Å²) in [6.45, 7) is 2.38. The van der Waals surface area contributed by atoms with E-state index in [1.54, 1.807) is 12.3 Å². The molecule has 3 atom stereocenters. The normalized spacial score (nSPS) is 25.6. The number of fused-ring (bicyclic) bond motifs is 2. The first-order valence-corrected chi connectivity index (χ1v) is 9.30. The average Bonchev–Trinajstić information content (AvgIpc) is 2.69. The van der Waals surface area contributed by atoms with E-state index >= 15 is 0 Å². The van der Waals surface area contributed by atoms with Gasteiger partial charge in [-0.25, -0.2) is 4.68 Å². The Balaban J connectivity index is 1.32. The van der Waals surface area contributed by atoms with Crippen LogP contribution >= 0.6 is 0 Å². The Hall–Kier alpha value is -2.25. The van der Waals surface area contributed by atoms with E-state index in [2.05, 4.69) is 15.7 Å². The number of carbonyl (C=O) groups excluding carboxylic acids is 1. The van der Waals surface area contributed by atoms with Crippen LogP contribution in [0, 0.1) is 5.92 Å². The second-order valence-electron chi connectivity index (χ2n) is 7.03. The SMILES string of the molecule is O=C(NCCn1ncc2ccccc2c1=O)[C@H]1CC[C@H]2OCCN[C@@H]2C1. The van der Waals surface area contributed by atoms with Gasteiger partial charge in [0.2, 0.25) is 5.91 Å². The zero-order valence-corrected chi connectivity index (χ0v) is 14.7. The molecule has 1 saturated carbocycles. The third kappa shape index (κ3) is 3.50. The second kappa shape index (κ2) is 7.55. The van der Waals surface area contributed by atoms with Crippen LogP contribution in [0.5, 0.6) is 0 Å². The van der Waals surface area contributed by atoms with Crippen LogP contribution in [0.3, 0.4) is 0 Å². The summed E-state index contributed by atoms with van der Waals surface area (Å²) in [5.41, 5.74) is -0.124. The molecule has 0 unspecified atom stereocenters. The molecule has 2 aliphatic rings. The molecule has 1 amide bonds. The lowest BCUT2D eigenvalue weighted by Gasteiger charge is -2.39. The fourth-order valence-electron chi connectivity index (χ4n) is 3.97. The molecule has 7 heteroatoms. The highest BCUT2D eigenvalue weighted by Gasteiger charge is 2.35. The summed E-state index contributed by atoms with van der Waals surface area (Å²) in [7, 11) is 0. The second-order valence-corrected chi connectivity index (χ2v) is 7.03. The van der Waals surface area contributed by atoms with Gasteiger partial charge in [0.1, 0.15) is 0 Å². The summed E-state index contributed by atoms with van der Waals surface area (Å²) in [5, 5.41) is 12.1. The van der Waals surface area contributed by atoms with E-state index in [-0.39, 0.29) is 29.5 Å². The molecule has 1 aliphatic carbocycles. The molecular weight excluding hydrogens is 332 g/mol. The number of carbonyl (C=O) groups is 1. The topological polar surface area (TPSA) is 85.2 Å². The largest absolute Gasteiger partial charge is 0.375 e. The third-order valence-electron chi connectivity index (χ3n) is 5.38. The highest BCUT2D eigenvalue weighted by Crippen LogP contribution is 2.28. The minimum absolute atomic E-state index is 0.00624. The van der Waals surface area contributed by atoms with Crippen molar-refractivity contribution in [3.63, 3.8) is 0 Å². The first-order valence-electron chi connectivity index (χ1n) is 9.30. The van der Waals surface area contributed by atoms with Gasteiger partial charge in [-0.1, -0.05) is 18.2 Å². The first kappa shape index (κ1) is 17.2. The van der Waals surface area contributed by atoms with Crippen LogP contribution in [-0.4, -0.2) is 47.5 Å². The number of rotatable bonds is 4. The lowest BCUT2D eigenvalue weighted by molar-refractivity contribution is -0.128. The molecule has 0 spiro atoms. The molecule has 2 aromatic rings. The minimum Gasteiger partial charge on any atom is -0.375 e. The summed E-state index contributed by atoms with van der Waals surface area (Å²) in [6, 6.07) is 7.67. The number of nitrogens with zero attached hydrogens (tertiary/aromatic N) is 2. The maximum absolute atomic E-state index is 12.5. The van der Waals surface area contributed by atoms with E-state index in [1.807, 2.05) is 18.2 Å². The third-order valence-corrected chi connectivity index (χ3v) is 5.38. The zero-order chi connectivity index (χ0) is 17.9. The van der Waals surface area contributed by atoms with Crippen LogP contribution in [0.4, 0.5) is 0 Å². The van der Waals surface area contributed by atoms with Crippen molar-refractivity contribution in [2.24, 2.45) is 5.92 Å². The average molecular weight is 356 g/mol. The minimum atomic E-state index is -0.124. The van der Waals surface area contributed by atoms with Gasteiger partial charge in [0.05, 0.1) is 30.8 Å². The Bertz CT molecular complexity index is 850. The van der Waals surface area contributed by atoms with E-state index in [9.17, 15) is 9.59 Å². The van der Waals surface area contributed by atoms with Gasteiger partial charge in [0.15, 0.2) is 0 Å². The summed E-state index contributed by atoms with van der Waals surface area (Å²) in [6.07, 6.45) is 4.51. The fourth-order valence-corrected chi connectivity index (χ4v) is 3.97.